The summed E-state index contributed by atoms with van der Waals surface area (Å²) in [6.45, 7) is 8.09. The molecule has 182 valence electrons. The molecule has 0 aromatic rings. The molecule has 6 N–H and O–H groups in total. The number of carboxylic acid groups (broad SMARTS) is 2. The second kappa shape index (κ2) is 13.0. The van der Waals surface area contributed by atoms with E-state index in [1.54, 1.807) is 0 Å². The Morgan fingerprint density at radius 3 is 2.06 bits per heavy atom. The minimum Gasteiger partial charge on any atom is -0.481 e. The average Bonchev–Trinajstić information content (AvgIpc) is 3.24. The topological polar surface area (TPSA) is 174 Å². The zero-order chi connectivity index (χ0) is 24.4. The summed E-state index contributed by atoms with van der Waals surface area (Å²) in [7, 11) is 0. The maximum atomic E-state index is 13.1. The Balaban J connectivity index is 2.95. The maximum Gasteiger partial charge on any atom is 0.326 e. The number of nitrogens with one attached hydrogen (secondary N) is 4. The fourth-order valence-corrected chi connectivity index (χ4v) is 3.48. The highest BCUT2D eigenvalue weighted by molar-refractivity contribution is 5.94. The maximum absolute atomic E-state index is 13.1. The summed E-state index contributed by atoms with van der Waals surface area (Å²) in [6.07, 6.45) is 1.58. The van der Waals surface area contributed by atoms with Gasteiger partial charge in [0.05, 0.1) is 12.5 Å². The normalized spacial score (nSPS) is 19.5. The number of rotatable bonds is 13. The standard InChI is InChI=1S/C21H36N4O7/c1-5-12(4)17(25-18(28)13-7-6-8-22-13)20(30)23-14(9-11(2)3)19(29)24-15(21(31)32)10-16(26)27/h11-15,17,22H,5-10H2,1-4H3,(H,23,30)(H,24,29)(H,25,28)(H,26,27)(H,31,32). The molecular formula is C21H36N4O7. The molecule has 32 heavy (non-hydrogen) atoms. The first-order chi connectivity index (χ1) is 15.0. The van der Waals surface area contributed by atoms with Crippen molar-refractivity contribution in [2.45, 2.75) is 84.0 Å². The van der Waals surface area contributed by atoms with Crippen molar-refractivity contribution in [3.05, 3.63) is 0 Å². The average molecular weight is 457 g/mol. The monoisotopic (exact) mass is 456 g/mol. The van der Waals surface area contributed by atoms with Crippen molar-refractivity contribution >= 4 is 29.7 Å². The Hall–Kier alpha value is -2.69. The minimum absolute atomic E-state index is 0.0202. The molecule has 5 unspecified atom stereocenters. The third-order valence-corrected chi connectivity index (χ3v) is 5.50. The SMILES string of the molecule is CCC(C)C(NC(=O)C1CCCN1)C(=O)NC(CC(C)C)C(=O)NC(CC(=O)O)C(=O)O. The molecule has 0 aromatic carbocycles. The Morgan fingerprint density at radius 2 is 1.59 bits per heavy atom. The van der Waals surface area contributed by atoms with E-state index in [0.29, 0.717) is 12.8 Å². The van der Waals surface area contributed by atoms with Gasteiger partial charge in [0.2, 0.25) is 17.7 Å². The molecule has 0 saturated carbocycles. The lowest BCUT2D eigenvalue weighted by Crippen LogP contribution is -2.58. The van der Waals surface area contributed by atoms with Gasteiger partial charge in [0.1, 0.15) is 18.1 Å². The molecule has 11 nitrogen and oxygen atoms in total. The molecule has 0 bridgehead atoms. The first-order valence-electron chi connectivity index (χ1n) is 11.0. The van der Waals surface area contributed by atoms with Crippen molar-refractivity contribution in [1.82, 2.24) is 21.3 Å². The van der Waals surface area contributed by atoms with Crippen LogP contribution in [-0.4, -0.2) is 70.6 Å². The number of hydrogen-bond acceptors (Lipinski definition) is 6. The third kappa shape index (κ3) is 8.81. The molecule has 1 saturated heterocycles. The van der Waals surface area contributed by atoms with Gasteiger partial charge in [0, 0.05) is 0 Å². The van der Waals surface area contributed by atoms with E-state index >= 15 is 0 Å². The van der Waals surface area contributed by atoms with Crippen LogP contribution in [-0.2, 0) is 24.0 Å². The van der Waals surface area contributed by atoms with Gasteiger partial charge in [-0.1, -0.05) is 34.1 Å². The van der Waals surface area contributed by atoms with Gasteiger partial charge in [0.15, 0.2) is 0 Å². The van der Waals surface area contributed by atoms with Crippen molar-refractivity contribution in [3.8, 4) is 0 Å². The quantitative estimate of drug-likeness (QED) is 0.222. The summed E-state index contributed by atoms with van der Waals surface area (Å²) in [5.41, 5.74) is 0. The molecule has 3 amide bonds. The van der Waals surface area contributed by atoms with Crippen LogP contribution in [0.5, 0.6) is 0 Å². The van der Waals surface area contributed by atoms with Gasteiger partial charge in [-0.05, 0) is 37.6 Å². The Morgan fingerprint density at radius 1 is 0.969 bits per heavy atom. The van der Waals surface area contributed by atoms with Gasteiger partial charge in [-0.2, -0.15) is 0 Å². The minimum atomic E-state index is -1.62. The van der Waals surface area contributed by atoms with Crippen molar-refractivity contribution < 1.29 is 34.2 Å². The van der Waals surface area contributed by atoms with Gasteiger partial charge >= 0.3 is 11.9 Å². The zero-order valence-corrected chi connectivity index (χ0v) is 19.1. The number of carbonyl (C=O) groups excluding carboxylic acids is 3. The van der Waals surface area contributed by atoms with Crippen LogP contribution < -0.4 is 21.3 Å². The molecule has 0 radical (unpaired) electrons. The summed E-state index contributed by atoms with van der Waals surface area (Å²) in [5.74, 6) is -4.69. The summed E-state index contributed by atoms with van der Waals surface area (Å²) >= 11 is 0. The van der Waals surface area contributed by atoms with Crippen LogP contribution in [0.3, 0.4) is 0 Å². The molecule has 11 heteroatoms. The molecule has 1 aliphatic rings. The van der Waals surface area contributed by atoms with Crippen LogP contribution in [0.25, 0.3) is 0 Å². The number of carbonyl (C=O) groups is 5. The number of hydrogen-bond donors (Lipinski definition) is 6. The lowest BCUT2D eigenvalue weighted by atomic mass is 9.96. The van der Waals surface area contributed by atoms with Crippen molar-refractivity contribution in [1.29, 1.82) is 0 Å². The van der Waals surface area contributed by atoms with Crippen LogP contribution in [0.4, 0.5) is 0 Å². The molecule has 0 aromatic heterocycles. The molecule has 1 heterocycles. The van der Waals surface area contributed by atoms with E-state index in [2.05, 4.69) is 21.3 Å². The van der Waals surface area contributed by atoms with E-state index < -0.39 is 48.3 Å². The van der Waals surface area contributed by atoms with E-state index in [1.807, 2.05) is 27.7 Å². The Labute approximate surface area is 188 Å². The highest BCUT2D eigenvalue weighted by Gasteiger charge is 2.34. The van der Waals surface area contributed by atoms with Crippen molar-refractivity contribution in [3.63, 3.8) is 0 Å². The van der Waals surface area contributed by atoms with E-state index in [4.69, 9.17) is 5.11 Å². The zero-order valence-electron chi connectivity index (χ0n) is 19.1. The second-order valence-electron chi connectivity index (χ2n) is 8.71. The summed E-state index contributed by atoms with van der Waals surface area (Å²) in [4.78, 5) is 60.5. The highest BCUT2D eigenvalue weighted by Crippen LogP contribution is 2.13. The smallest absolute Gasteiger partial charge is 0.326 e. The fraction of sp³-hybridized carbons (Fsp3) is 0.762. The van der Waals surface area contributed by atoms with Crippen LogP contribution >= 0.6 is 0 Å². The van der Waals surface area contributed by atoms with Gasteiger partial charge < -0.3 is 31.5 Å². The predicted molar refractivity (Wildman–Crippen MR) is 116 cm³/mol. The van der Waals surface area contributed by atoms with Crippen molar-refractivity contribution in [2.75, 3.05) is 6.54 Å². The van der Waals surface area contributed by atoms with Crippen LogP contribution in [0, 0.1) is 11.8 Å². The summed E-state index contributed by atoms with van der Waals surface area (Å²) < 4.78 is 0. The second-order valence-corrected chi connectivity index (χ2v) is 8.71. The molecule has 1 aliphatic heterocycles. The largest absolute Gasteiger partial charge is 0.481 e. The predicted octanol–water partition coefficient (Wildman–Crippen LogP) is -0.156. The van der Waals surface area contributed by atoms with Gasteiger partial charge in [-0.15, -0.1) is 0 Å². The number of aliphatic carboxylic acids is 2. The molecular weight excluding hydrogens is 420 g/mol. The van der Waals surface area contributed by atoms with E-state index in [9.17, 15) is 29.1 Å². The van der Waals surface area contributed by atoms with E-state index in [-0.39, 0.29) is 30.2 Å². The van der Waals surface area contributed by atoms with Crippen molar-refractivity contribution in [2.24, 2.45) is 11.8 Å². The lowest BCUT2D eigenvalue weighted by Gasteiger charge is -2.28. The van der Waals surface area contributed by atoms with Gasteiger partial charge in [0.25, 0.3) is 0 Å². The summed E-state index contributed by atoms with van der Waals surface area (Å²) in [6, 6.07) is -3.93. The summed E-state index contributed by atoms with van der Waals surface area (Å²) in [5, 5.41) is 28.8. The fourth-order valence-electron chi connectivity index (χ4n) is 3.48. The highest BCUT2D eigenvalue weighted by atomic mass is 16.4. The first kappa shape index (κ1) is 27.3. The third-order valence-electron chi connectivity index (χ3n) is 5.50. The van der Waals surface area contributed by atoms with E-state index in [1.165, 1.54) is 0 Å². The molecule has 5 atom stereocenters. The van der Waals surface area contributed by atoms with Crippen LogP contribution in [0.2, 0.25) is 0 Å². The van der Waals surface area contributed by atoms with Gasteiger partial charge in [-0.3, -0.25) is 19.2 Å². The Kier molecular flexibility index (Phi) is 11.1. The molecule has 0 spiro atoms. The Bertz CT molecular complexity index is 692. The van der Waals surface area contributed by atoms with E-state index in [0.717, 1.165) is 13.0 Å². The number of amides is 3. The van der Waals surface area contributed by atoms with Crippen LogP contribution in [0.15, 0.2) is 0 Å². The van der Waals surface area contributed by atoms with Gasteiger partial charge in [-0.25, -0.2) is 4.79 Å². The lowest BCUT2D eigenvalue weighted by molar-refractivity contribution is -0.147. The molecule has 1 fully saturated rings. The number of carboxylic acids is 2. The molecule has 1 rings (SSSR count). The first-order valence-corrected chi connectivity index (χ1v) is 11.0. The molecule has 0 aliphatic carbocycles. The van der Waals surface area contributed by atoms with Crippen LogP contribution in [0.1, 0.15) is 59.8 Å².